The molecule has 0 unspecified atom stereocenters. The highest BCUT2D eigenvalue weighted by Crippen LogP contribution is 1.89. The first-order valence-electron chi connectivity index (χ1n) is 3.16. The van der Waals surface area contributed by atoms with Crippen LogP contribution in [0.15, 0.2) is 23.2 Å². The van der Waals surface area contributed by atoms with Gasteiger partial charge in [0.2, 0.25) is 0 Å². The summed E-state index contributed by atoms with van der Waals surface area (Å²) in [5.41, 5.74) is 0. The molecule has 1 aromatic carbocycles. The van der Waals surface area contributed by atoms with Crippen molar-refractivity contribution in [2.24, 2.45) is 4.99 Å². The van der Waals surface area contributed by atoms with Gasteiger partial charge in [0.1, 0.15) is 5.82 Å². The fourth-order valence-electron chi connectivity index (χ4n) is 1.02. The summed E-state index contributed by atoms with van der Waals surface area (Å²) >= 11 is 0. The topological polar surface area (TPSA) is 29.4 Å². The third kappa shape index (κ3) is 0.941. The maximum absolute atomic E-state index is 12.5. The fourth-order valence-corrected chi connectivity index (χ4v) is 1.02. The third-order valence-electron chi connectivity index (χ3n) is 1.50. The Hall–Kier alpha value is -1.51. The number of benzene rings is 1. The molecule has 3 heteroatoms. The summed E-state index contributed by atoms with van der Waals surface area (Å²) in [6.07, 6.45) is 1.38. The molecule has 0 fully saturated rings. The number of carbonyl (C=O) groups is 1. The molecule has 11 heavy (non-hydrogen) atoms. The minimum atomic E-state index is -0.365. The van der Waals surface area contributed by atoms with Gasteiger partial charge in [-0.15, -0.1) is 0 Å². The summed E-state index contributed by atoms with van der Waals surface area (Å²) in [4.78, 5) is 14.2. The van der Waals surface area contributed by atoms with Gasteiger partial charge in [0.05, 0.1) is 5.36 Å². The minimum Gasteiger partial charge on any atom is -0.267 e. The normalized spacial score (nSPS) is 13.7. The number of hydrogen-bond donors (Lipinski definition) is 0. The van der Waals surface area contributed by atoms with Gasteiger partial charge in [-0.05, 0) is 12.1 Å². The van der Waals surface area contributed by atoms with Crippen molar-refractivity contribution in [1.82, 2.24) is 0 Å². The molecule has 0 spiro atoms. The van der Waals surface area contributed by atoms with Gasteiger partial charge in [0, 0.05) is 17.4 Å². The van der Waals surface area contributed by atoms with Crippen molar-refractivity contribution in [2.45, 2.75) is 0 Å². The maximum atomic E-state index is 12.5. The van der Waals surface area contributed by atoms with Crippen LogP contribution in [0.3, 0.4) is 0 Å². The van der Waals surface area contributed by atoms with Crippen LogP contribution in [-0.2, 0) is 4.79 Å². The standard InChI is InChI=1S/C8H4FNO/c9-6-2-1-5-3-8(11)10-7(5)4-6/h1-4H. The third-order valence-corrected chi connectivity index (χ3v) is 1.50. The Balaban J connectivity index is 2.89. The fraction of sp³-hybridized carbons (Fsp3) is 0. The van der Waals surface area contributed by atoms with Gasteiger partial charge in [0.25, 0.3) is 5.91 Å². The molecule has 0 atom stereocenters. The highest BCUT2D eigenvalue weighted by atomic mass is 19.1. The van der Waals surface area contributed by atoms with E-state index in [4.69, 9.17) is 0 Å². The molecule has 1 amide bonds. The van der Waals surface area contributed by atoms with Crippen LogP contribution >= 0.6 is 0 Å². The van der Waals surface area contributed by atoms with E-state index in [2.05, 4.69) is 4.99 Å². The van der Waals surface area contributed by atoms with Gasteiger partial charge in [-0.3, -0.25) is 4.79 Å². The molecule has 0 saturated heterocycles. The van der Waals surface area contributed by atoms with Gasteiger partial charge in [-0.1, -0.05) is 0 Å². The number of nitrogens with zero attached hydrogens (tertiary/aromatic N) is 1. The zero-order valence-electron chi connectivity index (χ0n) is 5.54. The lowest BCUT2D eigenvalue weighted by Gasteiger charge is -1.82. The Bertz CT molecular complexity index is 436. The van der Waals surface area contributed by atoms with E-state index in [9.17, 15) is 9.18 Å². The molecule has 0 saturated carbocycles. The molecule has 1 aliphatic rings. The van der Waals surface area contributed by atoms with E-state index in [1.807, 2.05) is 0 Å². The highest BCUT2D eigenvalue weighted by molar-refractivity contribution is 6.06. The summed E-state index contributed by atoms with van der Waals surface area (Å²) in [5.74, 6) is -0.679. The number of halogens is 1. The Morgan fingerprint density at radius 2 is 2.18 bits per heavy atom. The SMILES string of the molecule is O=C1C=c2ccc(F)cc2=N1. The molecule has 0 aliphatic carbocycles. The first kappa shape index (κ1) is 6.22. The van der Waals surface area contributed by atoms with Gasteiger partial charge in [-0.25, -0.2) is 9.38 Å². The van der Waals surface area contributed by atoms with Crippen molar-refractivity contribution in [3.8, 4) is 0 Å². The van der Waals surface area contributed by atoms with Crippen molar-refractivity contribution < 1.29 is 9.18 Å². The number of carbonyl (C=O) groups excluding carboxylic acids is 1. The van der Waals surface area contributed by atoms with Crippen LogP contribution in [0.5, 0.6) is 0 Å². The predicted molar refractivity (Wildman–Crippen MR) is 36.7 cm³/mol. The van der Waals surface area contributed by atoms with Crippen LogP contribution in [0.1, 0.15) is 0 Å². The van der Waals surface area contributed by atoms with Gasteiger partial charge >= 0.3 is 0 Å². The lowest BCUT2D eigenvalue weighted by molar-refractivity contribution is -0.112. The van der Waals surface area contributed by atoms with Crippen LogP contribution in [-0.4, -0.2) is 5.91 Å². The van der Waals surface area contributed by atoms with Gasteiger partial charge in [0.15, 0.2) is 0 Å². The number of fused-ring (bicyclic) bond motifs is 1. The second-order valence-corrected chi connectivity index (χ2v) is 2.30. The maximum Gasteiger partial charge on any atom is 0.270 e. The summed E-state index contributed by atoms with van der Waals surface area (Å²) in [7, 11) is 0. The summed E-state index contributed by atoms with van der Waals surface area (Å²) in [6, 6.07) is 4.10. The molecule has 1 heterocycles. The van der Waals surface area contributed by atoms with Crippen molar-refractivity contribution in [3.05, 3.63) is 34.6 Å². The molecule has 1 aliphatic heterocycles. The van der Waals surface area contributed by atoms with Crippen molar-refractivity contribution in [1.29, 1.82) is 0 Å². The van der Waals surface area contributed by atoms with E-state index < -0.39 is 0 Å². The van der Waals surface area contributed by atoms with Crippen LogP contribution in [0.4, 0.5) is 4.39 Å². The van der Waals surface area contributed by atoms with E-state index in [1.165, 1.54) is 18.2 Å². The minimum absolute atomic E-state index is 0.314. The average Bonchev–Trinajstić information content (AvgIpc) is 2.27. The van der Waals surface area contributed by atoms with Crippen LogP contribution in [0, 0.1) is 5.82 Å². The monoisotopic (exact) mass is 149 g/mol. The molecule has 1 aromatic rings. The van der Waals surface area contributed by atoms with Crippen molar-refractivity contribution in [3.63, 3.8) is 0 Å². The lowest BCUT2D eigenvalue weighted by atomic mass is 10.3. The van der Waals surface area contributed by atoms with Gasteiger partial charge < -0.3 is 0 Å². The molecule has 0 N–H and O–H groups in total. The lowest BCUT2D eigenvalue weighted by Crippen LogP contribution is -2.20. The Morgan fingerprint density at radius 1 is 1.36 bits per heavy atom. The first-order valence-corrected chi connectivity index (χ1v) is 3.16. The average molecular weight is 149 g/mol. The zero-order valence-corrected chi connectivity index (χ0v) is 5.54. The summed E-state index contributed by atoms with van der Waals surface area (Å²) in [6.45, 7) is 0. The van der Waals surface area contributed by atoms with Gasteiger partial charge in [-0.2, -0.15) is 0 Å². The molecule has 2 nitrogen and oxygen atoms in total. The van der Waals surface area contributed by atoms with E-state index in [1.54, 1.807) is 6.07 Å². The number of amides is 1. The molecule has 0 aromatic heterocycles. The molecule has 0 bridgehead atoms. The zero-order chi connectivity index (χ0) is 7.84. The molecule has 54 valence electrons. The van der Waals surface area contributed by atoms with Crippen molar-refractivity contribution >= 4 is 12.0 Å². The van der Waals surface area contributed by atoms with Crippen LogP contribution in [0.2, 0.25) is 0 Å². The van der Waals surface area contributed by atoms with Crippen LogP contribution in [0.25, 0.3) is 6.08 Å². The summed E-state index contributed by atoms with van der Waals surface area (Å²) in [5, 5.41) is 1.12. The molecular formula is C8H4FNO. The largest absolute Gasteiger partial charge is 0.270 e. The highest BCUT2D eigenvalue weighted by Gasteiger charge is 2.02. The molecule has 2 rings (SSSR count). The van der Waals surface area contributed by atoms with E-state index in [0.717, 1.165) is 0 Å². The first-order chi connectivity index (χ1) is 5.25. The Labute approximate surface area is 61.7 Å². The number of hydrogen-bond acceptors (Lipinski definition) is 1. The smallest absolute Gasteiger partial charge is 0.267 e. The quantitative estimate of drug-likeness (QED) is 0.500. The van der Waals surface area contributed by atoms with Crippen molar-refractivity contribution in [2.75, 3.05) is 0 Å². The Kier molecular flexibility index (Phi) is 1.12. The second-order valence-electron chi connectivity index (χ2n) is 2.30. The predicted octanol–water partition coefficient (Wildman–Crippen LogP) is -0.234. The van der Waals surface area contributed by atoms with E-state index >= 15 is 0 Å². The number of rotatable bonds is 0. The molecular weight excluding hydrogens is 145 g/mol. The second kappa shape index (κ2) is 1.99. The van der Waals surface area contributed by atoms with E-state index in [0.29, 0.717) is 10.6 Å². The van der Waals surface area contributed by atoms with E-state index in [-0.39, 0.29) is 11.7 Å². The summed E-state index contributed by atoms with van der Waals surface area (Å²) < 4.78 is 12.5. The molecule has 0 radical (unpaired) electrons. The Morgan fingerprint density at radius 3 is 3.00 bits per heavy atom. The van der Waals surface area contributed by atoms with Crippen LogP contribution < -0.4 is 10.6 Å².